The SMILES string of the molecule is O=C(NCc1ccc(CNS(=O)(=O)c2ccc(F)cc2)cc1)c1cccnc1. The first kappa shape index (κ1) is 19.7. The summed E-state index contributed by atoms with van der Waals surface area (Å²) >= 11 is 0. The van der Waals surface area contributed by atoms with Gasteiger partial charge in [0.15, 0.2) is 0 Å². The van der Waals surface area contributed by atoms with Crippen LogP contribution in [-0.4, -0.2) is 19.3 Å². The molecule has 0 atom stereocenters. The Labute approximate surface area is 162 Å². The van der Waals surface area contributed by atoms with E-state index in [1.807, 2.05) is 12.1 Å². The number of hydrogen-bond acceptors (Lipinski definition) is 4. The highest BCUT2D eigenvalue weighted by Gasteiger charge is 2.13. The van der Waals surface area contributed by atoms with Crippen LogP contribution in [0.25, 0.3) is 0 Å². The molecule has 0 aliphatic heterocycles. The number of nitrogens with zero attached hydrogens (tertiary/aromatic N) is 1. The van der Waals surface area contributed by atoms with Crippen LogP contribution in [0.5, 0.6) is 0 Å². The van der Waals surface area contributed by atoms with E-state index in [1.165, 1.54) is 18.3 Å². The van der Waals surface area contributed by atoms with Gasteiger partial charge in [-0.2, -0.15) is 0 Å². The third-order valence-corrected chi connectivity index (χ3v) is 5.41. The highest BCUT2D eigenvalue weighted by atomic mass is 32.2. The number of aromatic nitrogens is 1. The molecule has 0 saturated heterocycles. The molecule has 2 aromatic carbocycles. The largest absolute Gasteiger partial charge is 0.348 e. The van der Waals surface area contributed by atoms with Crippen LogP contribution in [0.15, 0.2) is 78.0 Å². The van der Waals surface area contributed by atoms with Gasteiger partial charge in [-0.25, -0.2) is 17.5 Å². The molecule has 1 aromatic heterocycles. The van der Waals surface area contributed by atoms with E-state index in [0.717, 1.165) is 23.3 Å². The Balaban J connectivity index is 1.54. The fourth-order valence-electron chi connectivity index (χ4n) is 2.43. The maximum Gasteiger partial charge on any atom is 0.253 e. The Kier molecular flexibility index (Phi) is 6.13. The quantitative estimate of drug-likeness (QED) is 0.639. The molecule has 3 aromatic rings. The summed E-state index contributed by atoms with van der Waals surface area (Å²) in [5.74, 6) is -0.714. The van der Waals surface area contributed by atoms with Crippen molar-refractivity contribution in [3.63, 3.8) is 0 Å². The first-order valence-corrected chi connectivity index (χ1v) is 9.94. The summed E-state index contributed by atoms with van der Waals surface area (Å²) in [5.41, 5.74) is 2.12. The predicted octanol–water partition coefficient (Wildman–Crippen LogP) is 2.63. The Morgan fingerprint density at radius 2 is 1.57 bits per heavy atom. The van der Waals surface area contributed by atoms with Crippen molar-refractivity contribution < 1.29 is 17.6 Å². The average molecular weight is 399 g/mol. The lowest BCUT2D eigenvalue weighted by Gasteiger charge is -2.08. The summed E-state index contributed by atoms with van der Waals surface area (Å²) in [5, 5.41) is 2.80. The molecular formula is C20H18FN3O3S. The molecule has 6 nitrogen and oxygen atoms in total. The van der Waals surface area contributed by atoms with Gasteiger partial charge < -0.3 is 5.32 Å². The third kappa shape index (κ3) is 5.21. The lowest BCUT2D eigenvalue weighted by molar-refractivity contribution is 0.0950. The normalized spacial score (nSPS) is 11.2. The molecule has 1 heterocycles. The Morgan fingerprint density at radius 1 is 0.929 bits per heavy atom. The van der Waals surface area contributed by atoms with Crippen LogP contribution in [0.4, 0.5) is 4.39 Å². The molecule has 0 aliphatic rings. The van der Waals surface area contributed by atoms with Crippen molar-refractivity contribution >= 4 is 15.9 Å². The average Bonchev–Trinajstić information content (AvgIpc) is 2.72. The van der Waals surface area contributed by atoms with Gasteiger partial charge in [0.1, 0.15) is 5.82 Å². The van der Waals surface area contributed by atoms with E-state index in [0.29, 0.717) is 12.1 Å². The Bertz CT molecular complexity index is 1040. The maximum atomic E-state index is 12.9. The molecule has 0 unspecified atom stereocenters. The van der Waals surface area contributed by atoms with E-state index >= 15 is 0 Å². The number of halogens is 1. The van der Waals surface area contributed by atoms with E-state index in [9.17, 15) is 17.6 Å². The summed E-state index contributed by atoms with van der Waals surface area (Å²) in [6.07, 6.45) is 3.09. The molecule has 8 heteroatoms. The van der Waals surface area contributed by atoms with Gasteiger partial charge in [-0.1, -0.05) is 24.3 Å². The van der Waals surface area contributed by atoms with E-state index in [2.05, 4.69) is 15.0 Å². The van der Waals surface area contributed by atoms with Crippen LogP contribution in [0.2, 0.25) is 0 Å². The number of benzene rings is 2. The smallest absolute Gasteiger partial charge is 0.253 e. The highest BCUT2D eigenvalue weighted by Crippen LogP contribution is 2.11. The second-order valence-corrected chi connectivity index (χ2v) is 7.79. The van der Waals surface area contributed by atoms with Gasteiger partial charge in [0.05, 0.1) is 10.5 Å². The van der Waals surface area contributed by atoms with Gasteiger partial charge in [0.2, 0.25) is 10.0 Å². The zero-order chi connectivity index (χ0) is 20.0. The van der Waals surface area contributed by atoms with Gasteiger partial charge in [-0.05, 0) is 47.5 Å². The molecular weight excluding hydrogens is 381 g/mol. The minimum Gasteiger partial charge on any atom is -0.348 e. The van der Waals surface area contributed by atoms with Crippen LogP contribution in [0, 0.1) is 5.82 Å². The molecule has 0 radical (unpaired) electrons. The van der Waals surface area contributed by atoms with Crippen molar-refractivity contribution in [1.82, 2.24) is 15.0 Å². The first-order valence-electron chi connectivity index (χ1n) is 8.45. The van der Waals surface area contributed by atoms with E-state index in [-0.39, 0.29) is 17.3 Å². The van der Waals surface area contributed by atoms with Crippen molar-refractivity contribution in [1.29, 1.82) is 0 Å². The lowest BCUT2D eigenvalue weighted by Crippen LogP contribution is -2.23. The Hall–Kier alpha value is -3.10. The van der Waals surface area contributed by atoms with Crippen LogP contribution in [0.3, 0.4) is 0 Å². The number of pyridine rings is 1. The van der Waals surface area contributed by atoms with Gasteiger partial charge in [-0.3, -0.25) is 9.78 Å². The number of amides is 1. The molecule has 3 rings (SSSR count). The fourth-order valence-corrected chi connectivity index (χ4v) is 3.45. The first-order chi connectivity index (χ1) is 13.4. The van der Waals surface area contributed by atoms with Crippen molar-refractivity contribution in [2.45, 2.75) is 18.0 Å². The lowest BCUT2D eigenvalue weighted by atomic mass is 10.1. The molecule has 2 N–H and O–H groups in total. The number of nitrogens with one attached hydrogen (secondary N) is 2. The molecule has 1 amide bonds. The van der Waals surface area contributed by atoms with Crippen LogP contribution < -0.4 is 10.0 Å². The number of carbonyl (C=O) groups is 1. The zero-order valence-electron chi connectivity index (χ0n) is 14.8. The molecule has 0 spiro atoms. The second kappa shape index (κ2) is 8.73. The van der Waals surface area contributed by atoms with E-state index in [1.54, 1.807) is 30.5 Å². The van der Waals surface area contributed by atoms with Crippen LogP contribution in [0.1, 0.15) is 21.5 Å². The van der Waals surface area contributed by atoms with Crippen molar-refractivity contribution in [2.75, 3.05) is 0 Å². The topological polar surface area (TPSA) is 88.2 Å². The summed E-state index contributed by atoms with van der Waals surface area (Å²) in [6.45, 7) is 0.442. The molecule has 0 bridgehead atoms. The minimum atomic E-state index is -3.72. The number of sulfonamides is 1. The van der Waals surface area contributed by atoms with Crippen LogP contribution >= 0.6 is 0 Å². The number of rotatable bonds is 7. The summed E-state index contributed by atoms with van der Waals surface area (Å²) < 4.78 is 39.8. The summed E-state index contributed by atoms with van der Waals surface area (Å²) in [7, 11) is -3.72. The standard InChI is InChI=1S/C20H18FN3O3S/c21-18-7-9-19(10-8-18)28(26,27)24-13-16-5-3-15(4-6-16)12-23-20(25)17-2-1-11-22-14-17/h1-11,14,24H,12-13H2,(H,23,25). The van der Waals surface area contributed by atoms with E-state index in [4.69, 9.17) is 0 Å². The molecule has 0 fully saturated rings. The zero-order valence-corrected chi connectivity index (χ0v) is 15.6. The van der Waals surface area contributed by atoms with Crippen molar-refractivity contribution in [2.24, 2.45) is 0 Å². The molecule has 28 heavy (non-hydrogen) atoms. The predicted molar refractivity (Wildman–Crippen MR) is 102 cm³/mol. The maximum absolute atomic E-state index is 12.9. The van der Waals surface area contributed by atoms with Gasteiger partial charge in [0.25, 0.3) is 5.91 Å². The monoisotopic (exact) mass is 399 g/mol. The van der Waals surface area contributed by atoms with Gasteiger partial charge in [0, 0.05) is 25.5 Å². The number of hydrogen-bond donors (Lipinski definition) is 2. The van der Waals surface area contributed by atoms with Crippen molar-refractivity contribution in [3.8, 4) is 0 Å². The summed E-state index contributed by atoms with van der Waals surface area (Å²) in [6, 6.07) is 15.2. The second-order valence-electron chi connectivity index (χ2n) is 6.02. The van der Waals surface area contributed by atoms with Crippen molar-refractivity contribution in [3.05, 3.63) is 95.6 Å². The van der Waals surface area contributed by atoms with Gasteiger partial charge >= 0.3 is 0 Å². The molecule has 0 saturated carbocycles. The summed E-state index contributed by atoms with van der Waals surface area (Å²) in [4.78, 5) is 15.9. The molecule has 0 aliphatic carbocycles. The molecule has 144 valence electrons. The minimum absolute atomic E-state index is 0.00337. The van der Waals surface area contributed by atoms with Gasteiger partial charge in [-0.15, -0.1) is 0 Å². The fraction of sp³-hybridized carbons (Fsp3) is 0.100. The van der Waals surface area contributed by atoms with E-state index < -0.39 is 15.8 Å². The Morgan fingerprint density at radius 3 is 2.18 bits per heavy atom. The highest BCUT2D eigenvalue weighted by molar-refractivity contribution is 7.89. The van der Waals surface area contributed by atoms with Crippen LogP contribution in [-0.2, 0) is 23.1 Å². The number of carbonyl (C=O) groups excluding carboxylic acids is 1. The third-order valence-electron chi connectivity index (χ3n) is 3.99.